The molecule has 0 aromatic heterocycles. The van der Waals surface area contributed by atoms with E-state index in [4.69, 9.17) is 5.11 Å². The van der Waals surface area contributed by atoms with E-state index < -0.39 is 17.5 Å². The number of carboxylic acids is 1. The van der Waals surface area contributed by atoms with Gasteiger partial charge in [0.2, 0.25) is 0 Å². The lowest BCUT2D eigenvalue weighted by atomic mass is 9.86. The summed E-state index contributed by atoms with van der Waals surface area (Å²) >= 11 is 0. The monoisotopic (exact) mass is 278 g/mol. The molecule has 2 atom stereocenters. The average Bonchev–Trinajstić information content (AvgIpc) is 2.72. The summed E-state index contributed by atoms with van der Waals surface area (Å²) in [6.07, 6.45) is 0.195. The van der Waals surface area contributed by atoms with E-state index in [1.807, 2.05) is 0 Å². The van der Waals surface area contributed by atoms with Gasteiger partial charge in [-0.2, -0.15) is 0 Å². The van der Waals surface area contributed by atoms with E-state index >= 15 is 0 Å². The summed E-state index contributed by atoms with van der Waals surface area (Å²) in [7, 11) is 0. The van der Waals surface area contributed by atoms with Gasteiger partial charge in [-0.15, -0.1) is 0 Å². The van der Waals surface area contributed by atoms with Crippen LogP contribution in [-0.4, -0.2) is 42.3 Å². The number of anilines is 1. The number of nitrogens with zero attached hydrogens (tertiary/aromatic N) is 1. The van der Waals surface area contributed by atoms with Crippen molar-refractivity contribution >= 4 is 17.6 Å². The van der Waals surface area contributed by atoms with Crippen molar-refractivity contribution in [2.24, 2.45) is 5.92 Å². The average molecular weight is 278 g/mol. The number of carboxylic acid groups (broad SMARTS) is 1. The Labute approximate surface area is 115 Å². The van der Waals surface area contributed by atoms with E-state index in [0.717, 1.165) is 0 Å². The Bertz CT molecular complexity index is 560. The maximum Gasteiger partial charge on any atom is 0.335 e. The number of carbonyl (C=O) groups excluding carboxylic acids is 1. The molecule has 0 bridgehead atoms. The molecule has 2 heterocycles. The van der Waals surface area contributed by atoms with Crippen LogP contribution in [0.25, 0.3) is 0 Å². The highest BCUT2D eigenvalue weighted by molar-refractivity contribution is 6.02. The number of rotatable bonds is 2. The van der Waals surface area contributed by atoms with Gasteiger partial charge in [0, 0.05) is 31.1 Å². The van der Waals surface area contributed by atoms with Crippen LogP contribution in [-0.2, 0) is 4.79 Å². The normalized spacial score (nSPS) is 29.4. The summed E-state index contributed by atoms with van der Waals surface area (Å²) in [4.78, 5) is 24.5. The molecule has 20 heavy (non-hydrogen) atoms. The molecule has 1 amide bonds. The predicted molar refractivity (Wildman–Crippen MR) is 70.6 cm³/mol. The first kappa shape index (κ1) is 13.1. The molecule has 2 N–H and O–H groups in total. The molecule has 2 fully saturated rings. The maximum atomic E-state index is 14.8. The first-order valence-corrected chi connectivity index (χ1v) is 6.57. The number of fused-ring (bicyclic) bond motifs is 1. The van der Waals surface area contributed by atoms with Crippen LogP contribution in [0.1, 0.15) is 16.8 Å². The lowest BCUT2D eigenvalue weighted by Gasteiger charge is -2.29. The van der Waals surface area contributed by atoms with Crippen molar-refractivity contribution in [3.8, 4) is 0 Å². The molecule has 5 nitrogen and oxygen atoms in total. The smallest absolute Gasteiger partial charge is 0.335 e. The van der Waals surface area contributed by atoms with Gasteiger partial charge in [-0.05, 0) is 30.8 Å². The van der Waals surface area contributed by atoms with Gasteiger partial charge in [-0.25, -0.2) is 9.18 Å². The van der Waals surface area contributed by atoms with Crippen LogP contribution >= 0.6 is 0 Å². The molecule has 2 aliphatic rings. The molecule has 2 aliphatic heterocycles. The van der Waals surface area contributed by atoms with Gasteiger partial charge in [0.25, 0.3) is 5.91 Å². The molecule has 0 saturated carbocycles. The zero-order valence-electron chi connectivity index (χ0n) is 10.8. The predicted octanol–water partition coefficient (Wildman–Crippen LogP) is 1.05. The minimum atomic E-state index is -1.78. The first-order chi connectivity index (χ1) is 9.52. The topological polar surface area (TPSA) is 69.6 Å². The number of amides is 1. The number of benzene rings is 1. The molecule has 3 rings (SSSR count). The highest BCUT2D eigenvalue weighted by Crippen LogP contribution is 2.39. The largest absolute Gasteiger partial charge is 0.478 e. The van der Waals surface area contributed by atoms with Crippen molar-refractivity contribution in [1.82, 2.24) is 5.32 Å². The summed E-state index contributed by atoms with van der Waals surface area (Å²) in [5, 5.41) is 12.0. The number of aromatic carboxylic acids is 1. The fourth-order valence-corrected chi connectivity index (χ4v) is 2.94. The fraction of sp³-hybridized carbons (Fsp3) is 0.429. The van der Waals surface area contributed by atoms with Crippen molar-refractivity contribution in [2.75, 3.05) is 24.5 Å². The molecule has 106 valence electrons. The molecular formula is C14H15FN2O3. The molecule has 0 aliphatic carbocycles. The van der Waals surface area contributed by atoms with Gasteiger partial charge in [0.05, 0.1) is 5.56 Å². The summed E-state index contributed by atoms with van der Waals surface area (Å²) < 4.78 is 14.8. The Morgan fingerprint density at radius 3 is 2.70 bits per heavy atom. The minimum absolute atomic E-state index is 0.148. The molecule has 2 saturated heterocycles. The SMILES string of the molecule is O=C(O)c1ccc(N2CC3CNCCC3(F)C2=O)cc1. The van der Waals surface area contributed by atoms with Crippen molar-refractivity contribution in [3.05, 3.63) is 29.8 Å². The van der Waals surface area contributed by atoms with Gasteiger partial charge in [0.1, 0.15) is 0 Å². The second kappa shape index (κ2) is 4.56. The van der Waals surface area contributed by atoms with Gasteiger partial charge < -0.3 is 15.3 Å². The van der Waals surface area contributed by atoms with Crippen LogP contribution in [0.3, 0.4) is 0 Å². The van der Waals surface area contributed by atoms with E-state index in [2.05, 4.69) is 5.32 Å². The van der Waals surface area contributed by atoms with Crippen molar-refractivity contribution in [2.45, 2.75) is 12.1 Å². The van der Waals surface area contributed by atoms with E-state index in [-0.39, 0.29) is 17.9 Å². The van der Waals surface area contributed by atoms with Gasteiger partial charge >= 0.3 is 5.97 Å². The molecule has 6 heteroatoms. The molecule has 0 radical (unpaired) electrons. The van der Waals surface area contributed by atoms with Gasteiger partial charge in [0.15, 0.2) is 5.67 Å². The van der Waals surface area contributed by atoms with Crippen molar-refractivity contribution in [1.29, 1.82) is 0 Å². The Balaban J connectivity index is 1.88. The zero-order valence-corrected chi connectivity index (χ0v) is 10.8. The van der Waals surface area contributed by atoms with Crippen LogP contribution in [0.15, 0.2) is 24.3 Å². The number of nitrogens with one attached hydrogen (secondary N) is 1. The van der Waals surface area contributed by atoms with E-state index in [0.29, 0.717) is 25.3 Å². The molecule has 1 aromatic carbocycles. The van der Waals surface area contributed by atoms with Crippen LogP contribution in [0.4, 0.5) is 10.1 Å². The number of carbonyl (C=O) groups is 2. The van der Waals surface area contributed by atoms with Crippen molar-refractivity contribution < 1.29 is 19.1 Å². The number of alkyl halides is 1. The lowest BCUT2D eigenvalue weighted by Crippen LogP contribution is -2.49. The highest BCUT2D eigenvalue weighted by Gasteiger charge is 2.56. The van der Waals surface area contributed by atoms with E-state index in [1.54, 1.807) is 12.1 Å². The standard InChI is InChI=1S/C14H15FN2O3/c15-14-5-6-16-7-10(14)8-17(13(14)20)11-3-1-9(2-4-11)12(18)19/h1-4,10,16H,5-8H2,(H,18,19). The van der Waals surface area contributed by atoms with Crippen LogP contribution in [0.2, 0.25) is 0 Å². The third kappa shape index (κ3) is 1.87. The lowest BCUT2D eigenvalue weighted by molar-refractivity contribution is -0.130. The summed E-state index contributed by atoms with van der Waals surface area (Å²) in [5.74, 6) is -1.88. The Hall–Kier alpha value is -1.95. The van der Waals surface area contributed by atoms with E-state index in [1.165, 1.54) is 17.0 Å². The highest BCUT2D eigenvalue weighted by atomic mass is 19.1. The summed E-state index contributed by atoms with van der Waals surface area (Å²) in [6, 6.07) is 5.96. The molecule has 1 aromatic rings. The second-order valence-corrected chi connectivity index (χ2v) is 5.28. The maximum absolute atomic E-state index is 14.8. The zero-order chi connectivity index (χ0) is 14.3. The Kier molecular flexibility index (Phi) is 2.97. The van der Waals surface area contributed by atoms with Crippen molar-refractivity contribution in [3.63, 3.8) is 0 Å². The fourth-order valence-electron chi connectivity index (χ4n) is 2.94. The Morgan fingerprint density at radius 2 is 2.10 bits per heavy atom. The number of piperidine rings is 1. The minimum Gasteiger partial charge on any atom is -0.478 e. The summed E-state index contributed by atoms with van der Waals surface area (Å²) in [5.41, 5.74) is -1.09. The van der Waals surface area contributed by atoms with Gasteiger partial charge in [-0.1, -0.05) is 0 Å². The molecule has 2 unspecified atom stereocenters. The molecular weight excluding hydrogens is 263 g/mol. The second-order valence-electron chi connectivity index (χ2n) is 5.28. The van der Waals surface area contributed by atoms with Crippen LogP contribution in [0.5, 0.6) is 0 Å². The number of hydrogen-bond donors (Lipinski definition) is 2. The third-order valence-corrected chi connectivity index (χ3v) is 4.13. The quantitative estimate of drug-likeness (QED) is 0.848. The van der Waals surface area contributed by atoms with Crippen LogP contribution < -0.4 is 10.2 Å². The summed E-state index contributed by atoms with van der Waals surface area (Å²) in [6.45, 7) is 1.32. The Morgan fingerprint density at radius 1 is 1.40 bits per heavy atom. The van der Waals surface area contributed by atoms with E-state index in [9.17, 15) is 14.0 Å². The number of hydrogen-bond acceptors (Lipinski definition) is 3. The van der Waals surface area contributed by atoms with Gasteiger partial charge in [-0.3, -0.25) is 4.79 Å². The van der Waals surface area contributed by atoms with Crippen LogP contribution in [0, 0.1) is 5.92 Å². The first-order valence-electron chi connectivity index (χ1n) is 6.57. The molecule has 0 spiro atoms. The number of halogens is 1. The third-order valence-electron chi connectivity index (χ3n) is 4.13.